The number of anilines is 2. The van der Waals surface area contributed by atoms with Crippen molar-refractivity contribution in [3.05, 3.63) is 48.2 Å². The van der Waals surface area contributed by atoms with Crippen LogP contribution in [0, 0.1) is 0 Å². The van der Waals surface area contributed by atoms with Crippen LogP contribution in [0.4, 0.5) is 16.4 Å². The maximum absolute atomic E-state index is 11.9. The number of furan rings is 1. The van der Waals surface area contributed by atoms with Crippen molar-refractivity contribution in [3.63, 3.8) is 0 Å². The first-order valence-corrected chi connectivity index (χ1v) is 6.18. The fourth-order valence-corrected chi connectivity index (χ4v) is 1.86. The van der Waals surface area contributed by atoms with E-state index in [0.29, 0.717) is 5.88 Å². The van der Waals surface area contributed by atoms with Gasteiger partial charge in [-0.2, -0.15) is 0 Å². The minimum absolute atomic E-state index is 0.0332. The Morgan fingerprint density at radius 1 is 1.05 bits per heavy atom. The summed E-state index contributed by atoms with van der Waals surface area (Å²) in [5, 5.41) is 5.48. The molecule has 0 aliphatic rings. The topological polar surface area (TPSA) is 54.3 Å². The molecule has 0 fully saturated rings. The van der Waals surface area contributed by atoms with E-state index >= 15 is 0 Å². The van der Waals surface area contributed by atoms with E-state index < -0.39 is 0 Å². The van der Waals surface area contributed by atoms with Crippen LogP contribution in [-0.4, -0.2) is 6.03 Å². The van der Waals surface area contributed by atoms with E-state index in [1.54, 1.807) is 12.1 Å². The second-order valence-electron chi connectivity index (χ2n) is 5.35. The smallest absolute Gasteiger partial charge is 0.326 e. The lowest BCUT2D eigenvalue weighted by atomic mass is 9.86. The Hall–Kier alpha value is -2.23. The van der Waals surface area contributed by atoms with Gasteiger partial charge < -0.3 is 9.73 Å². The molecule has 1 heterocycles. The summed E-state index contributed by atoms with van der Waals surface area (Å²) in [6.45, 7) is 6.33. The molecule has 0 radical (unpaired) electrons. The van der Waals surface area contributed by atoms with Gasteiger partial charge in [0.15, 0.2) is 0 Å². The third kappa shape index (κ3) is 3.37. The molecule has 0 aliphatic heterocycles. The third-order valence-corrected chi connectivity index (χ3v) is 2.74. The fraction of sp³-hybridized carbons (Fsp3) is 0.267. The van der Waals surface area contributed by atoms with E-state index in [2.05, 4.69) is 31.4 Å². The van der Waals surface area contributed by atoms with Crippen LogP contribution in [0.2, 0.25) is 0 Å². The highest BCUT2D eigenvalue weighted by molar-refractivity contribution is 5.99. The highest BCUT2D eigenvalue weighted by atomic mass is 16.3. The van der Waals surface area contributed by atoms with Crippen molar-refractivity contribution in [2.24, 2.45) is 0 Å². The van der Waals surface area contributed by atoms with Crippen molar-refractivity contribution in [2.45, 2.75) is 26.2 Å². The molecule has 0 bridgehead atoms. The molecule has 0 saturated heterocycles. The summed E-state index contributed by atoms with van der Waals surface area (Å²) in [6.07, 6.45) is 1.51. The van der Waals surface area contributed by atoms with Crippen molar-refractivity contribution in [3.8, 4) is 0 Å². The number of carbonyl (C=O) groups excluding carboxylic acids is 1. The standard InChI is InChI=1S/C15H18N2O2/c1-15(2,3)11-7-4-5-8-12(11)16-14(18)17-13-9-6-10-19-13/h4-10H,1-3H3,(H2,16,17,18). The van der Waals surface area contributed by atoms with Gasteiger partial charge >= 0.3 is 6.03 Å². The average Bonchev–Trinajstić information content (AvgIpc) is 2.81. The summed E-state index contributed by atoms with van der Waals surface area (Å²) in [5.74, 6) is 0.422. The molecular formula is C15H18N2O2. The number of amides is 2. The zero-order valence-corrected chi connectivity index (χ0v) is 11.4. The first-order chi connectivity index (χ1) is 8.97. The molecule has 1 aromatic carbocycles. The molecule has 2 amide bonds. The van der Waals surface area contributed by atoms with Crippen LogP contribution in [0.1, 0.15) is 26.3 Å². The zero-order valence-electron chi connectivity index (χ0n) is 11.4. The van der Waals surface area contributed by atoms with Gasteiger partial charge in [-0.1, -0.05) is 39.0 Å². The minimum atomic E-state index is -0.313. The van der Waals surface area contributed by atoms with Gasteiger partial charge in [-0.3, -0.25) is 5.32 Å². The lowest BCUT2D eigenvalue weighted by Gasteiger charge is -2.22. The molecule has 19 heavy (non-hydrogen) atoms. The number of carbonyl (C=O) groups is 1. The summed E-state index contributed by atoms with van der Waals surface area (Å²) in [7, 11) is 0. The molecular weight excluding hydrogens is 240 g/mol. The van der Waals surface area contributed by atoms with E-state index in [1.165, 1.54) is 6.26 Å². The first-order valence-electron chi connectivity index (χ1n) is 6.18. The van der Waals surface area contributed by atoms with Crippen LogP contribution >= 0.6 is 0 Å². The molecule has 2 aromatic rings. The predicted molar refractivity (Wildman–Crippen MR) is 76.5 cm³/mol. The molecule has 100 valence electrons. The van der Waals surface area contributed by atoms with Gasteiger partial charge in [0.2, 0.25) is 5.88 Å². The Labute approximate surface area is 112 Å². The Bertz CT molecular complexity index is 554. The number of para-hydroxylation sites is 1. The van der Waals surface area contributed by atoms with Gasteiger partial charge in [0.05, 0.1) is 6.26 Å². The van der Waals surface area contributed by atoms with Gasteiger partial charge in [0.25, 0.3) is 0 Å². The minimum Gasteiger partial charge on any atom is -0.449 e. The molecule has 0 atom stereocenters. The quantitative estimate of drug-likeness (QED) is 0.847. The molecule has 4 heteroatoms. The summed E-state index contributed by atoms with van der Waals surface area (Å²) >= 11 is 0. The SMILES string of the molecule is CC(C)(C)c1ccccc1NC(=O)Nc1ccco1. The molecule has 4 nitrogen and oxygen atoms in total. The van der Waals surface area contributed by atoms with Crippen LogP contribution in [0.3, 0.4) is 0 Å². The maximum atomic E-state index is 11.9. The number of hydrogen-bond acceptors (Lipinski definition) is 2. The second kappa shape index (κ2) is 5.18. The van der Waals surface area contributed by atoms with E-state index in [-0.39, 0.29) is 11.4 Å². The highest BCUT2D eigenvalue weighted by Crippen LogP contribution is 2.29. The van der Waals surface area contributed by atoms with Crippen molar-refractivity contribution in [1.82, 2.24) is 0 Å². The fourth-order valence-electron chi connectivity index (χ4n) is 1.86. The molecule has 2 rings (SSSR count). The van der Waals surface area contributed by atoms with E-state index in [4.69, 9.17) is 4.42 Å². The lowest BCUT2D eigenvalue weighted by molar-refractivity contribution is 0.261. The molecule has 1 aromatic heterocycles. The van der Waals surface area contributed by atoms with Crippen LogP contribution in [0.5, 0.6) is 0 Å². The number of hydrogen-bond donors (Lipinski definition) is 2. The molecule has 0 saturated carbocycles. The Morgan fingerprint density at radius 2 is 1.79 bits per heavy atom. The van der Waals surface area contributed by atoms with Gasteiger partial charge in [-0.25, -0.2) is 4.79 Å². The predicted octanol–water partition coefficient (Wildman–Crippen LogP) is 4.22. The van der Waals surface area contributed by atoms with E-state index in [9.17, 15) is 4.79 Å². The summed E-state index contributed by atoms with van der Waals surface area (Å²) < 4.78 is 5.07. The first kappa shape index (κ1) is 13.2. The van der Waals surface area contributed by atoms with Gasteiger partial charge in [-0.15, -0.1) is 0 Å². The number of urea groups is 1. The largest absolute Gasteiger partial charge is 0.449 e. The van der Waals surface area contributed by atoms with Crippen LogP contribution in [-0.2, 0) is 5.41 Å². The third-order valence-electron chi connectivity index (χ3n) is 2.74. The normalized spacial score (nSPS) is 11.1. The molecule has 2 N–H and O–H groups in total. The van der Waals surface area contributed by atoms with Crippen molar-refractivity contribution < 1.29 is 9.21 Å². The second-order valence-corrected chi connectivity index (χ2v) is 5.35. The number of benzene rings is 1. The maximum Gasteiger partial charge on any atom is 0.326 e. The average molecular weight is 258 g/mol. The summed E-state index contributed by atoms with van der Waals surface area (Å²) in [4.78, 5) is 11.9. The lowest BCUT2D eigenvalue weighted by Crippen LogP contribution is -2.22. The highest BCUT2D eigenvalue weighted by Gasteiger charge is 2.18. The van der Waals surface area contributed by atoms with E-state index in [0.717, 1.165) is 11.3 Å². The van der Waals surface area contributed by atoms with Crippen LogP contribution < -0.4 is 10.6 Å². The monoisotopic (exact) mass is 258 g/mol. The Balaban J connectivity index is 2.13. The van der Waals surface area contributed by atoms with Crippen molar-refractivity contribution >= 4 is 17.6 Å². The summed E-state index contributed by atoms with van der Waals surface area (Å²) in [5.41, 5.74) is 1.86. The van der Waals surface area contributed by atoms with Crippen LogP contribution in [0.15, 0.2) is 47.1 Å². The van der Waals surface area contributed by atoms with Gasteiger partial charge in [-0.05, 0) is 23.1 Å². The van der Waals surface area contributed by atoms with Gasteiger partial charge in [0.1, 0.15) is 0 Å². The van der Waals surface area contributed by atoms with Crippen molar-refractivity contribution in [2.75, 3.05) is 10.6 Å². The van der Waals surface area contributed by atoms with Crippen molar-refractivity contribution in [1.29, 1.82) is 0 Å². The Morgan fingerprint density at radius 3 is 2.42 bits per heavy atom. The number of rotatable bonds is 2. The molecule has 0 spiro atoms. The Kier molecular flexibility index (Phi) is 3.60. The van der Waals surface area contributed by atoms with E-state index in [1.807, 2.05) is 24.3 Å². The van der Waals surface area contributed by atoms with Gasteiger partial charge in [0, 0.05) is 11.8 Å². The summed E-state index contributed by atoms with van der Waals surface area (Å²) in [6, 6.07) is 10.9. The van der Waals surface area contributed by atoms with Crippen LogP contribution in [0.25, 0.3) is 0 Å². The molecule has 0 unspecified atom stereocenters. The molecule has 0 aliphatic carbocycles. The zero-order chi connectivity index (χ0) is 13.9. The number of nitrogens with one attached hydrogen (secondary N) is 2.